The summed E-state index contributed by atoms with van der Waals surface area (Å²) in [5.41, 5.74) is 13.7. The van der Waals surface area contributed by atoms with E-state index >= 15 is 0 Å². The number of imidazole rings is 1. The molecule has 1 aliphatic heterocycles. The monoisotopic (exact) mass is 554 g/mol. The van der Waals surface area contributed by atoms with E-state index in [1.54, 1.807) is 6.26 Å². The van der Waals surface area contributed by atoms with Crippen LogP contribution >= 0.6 is 0 Å². The molecule has 3 aliphatic carbocycles. The second-order valence-corrected chi connectivity index (χ2v) is 11.9. The molecule has 206 valence electrons. The fourth-order valence-electron chi connectivity index (χ4n) is 7.54. The maximum atomic E-state index is 6.12. The van der Waals surface area contributed by atoms with Crippen LogP contribution in [0, 0.1) is 12.8 Å². The van der Waals surface area contributed by atoms with Crippen molar-refractivity contribution < 1.29 is 4.74 Å². The Balaban J connectivity index is 1.22. The van der Waals surface area contributed by atoms with Gasteiger partial charge in [0.05, 0.1) is 6.26 Å². The van der Waals surface area contributed by atoms with E-state index in [-0.39, 0.29) is 5.92 Å². The maximum Gasteiger partial charge on any atom is 0.154 e. The zero-order valence-corrected chi connectivity index (χ0v) is 24.0. The number of nitrogens with zero attached hydrogens (tertiary/aromatic N) is 2. The molecule has 5 aromatic rings. The van der Waals surface area contributed by atoms with E-state index in [0.717, 1.165) is 41.1 Å². The average Bonchev–Trinajstić information content (AvgIpc) is 3.38. The summed E-state index contributed by atoms with van der Waals surface area (Å²) in [5, 5.41) is 2.82. The van der Waals surface area contributed by atoms with Crippen molar-refractivity contribution in [3.8, 4) is 0 Å². The van der Waals surface area contributed by atoms with Gasteiger partial charge in [-0.2, -0.15) is 0 Å². The van der Waals surface area contributed by atoms with Crippen LogP contribution in [0.15, 0.2) is 104 Å². The van der Waals surface area contributed by atoms with Crippen LogP contribution in [-0.4, -0.2) is 9.38 Å². The first-order valence-corrected chi connectivity index (χ1v) is 15.2. The SMILES string of the molecule is Cc1cc2c(cc1C1=Cc3c4c(c5ccccc5c3C3C=CC=CC13)CCC=C4)C=COC(c1cn3ccccc3n1)=C2. The summed E-state index contributed by atoms with van der Waals surface area (Å²) in [5.74, 6) is 1.32. The molecule has 2 aromatic heterocycles. The Morgan fingerprint density at radius 3 is 2.63 bits per heavy atom. The molecule has 0 fully saturated rings. The first-order chi connectivity index (χ1) is 21.2. The van der Waals surface area contributed by atoms with E-state index in [2.05, 4.69) is 98.0 Å². The number of hydrogen-bond donors (Lipinski definition) is 0. The number of rotatable bonds is 2. The summed E-state index contributed by atoms with van der Waals surface area (Å²) in [7, 11) is 0. The lowest BCUT2D eigenvalue weighted by Gasteiger charge is -2.36. The highest BCUT2D eigenvalue weighted by Gasteiger charge is 2.34. The van der Waals surface area contributed by atoms with Crippen LogP contribution in [0.3, 0.4) is 0 Å². The molecule has 3 aromatic carbocycles. The van der Waals surface area contributed by atoms with Crippen molar-refractivity contribution in [3.05, 3.63) is 154 Å². The highest BCUT2D eigenvalue weighted by atomic mass is 16.5. The van der Waals surface area contributed by atoms with Crippen LogP contribution in [-0.2, 0) is 11.2 Å². The van der Waals surface area contributed by atoms with Crippen LogP contribution in [0.1, 0.15) is 62.5 Å². The molecular formula is C40H30N2O. The molecule has 3 nitrogen and oxygen atoms in total. The Hall–Kier alpha value is -5.15. The summed E-state index contributed by atoms with van der Waals surface area (Å²) in [6.07, 6.45) is 28.7. The summed E-state index contributed by atoms with van der Waals surface area (Å²) in [4.78, 5) is 4.79. The van der Waals surface area contributed by atoms with E-state index in [9.17, 15) is 0 Å². The van der Waals surface area contributed by atoms with Crippen molar-refractivity contribution in [3.63, 3.8) is 0 Å². The molecule has 43 heavy (non-hydrogen) atoms. The lowest BCUT2D eigenvalue weighted by atomic mass is 9.67. The molecule has 3 heteroatoms. The third-order valence-electron chi connectivity index (χ3n) is 9.51. The smallest absolute Gasteiger partial charge is 0.154 e. The van der Waals surface area contributed by atoms with Gasteiger partial charge in [-0.3, -0.25) is 0 Å². The normalized spacial score (nSPS) is 19.7. The van der Waals surface area contributed by atoms with E-state index < -0.39 is 0 Å². The van der Waals surface area contributed by atoms with Gasteiger partial charge in [0.1, 0.15) is 11.3 Å². The van der Waals surface area contributed by atoms with Gasteiger partial charge >= 0.3 is 0 Å². The minimum atomic E-state index is 0.276. The summed E-state index contributed by atoms with van der Waals surface area (Å²) in [6.45, 7) is 2.24. The molecule has 0 N–H and O–H groups in total. The van der Waals surface area contributed by atoms with Crippen LogP contribution in [0.2, 0.25) is 0 Å². The second-order valence-electron chi connectivity index (χ2n) is 11.9. The number of allylic oxidation sites excluding steroid dienone is 6. The number of aromatic nitrogens is 2. The first kappa shape index (κ1) is 24.4. The van der Waals surface area contributed by atoms with Gasteiger partial charge in [-0.05, 0) is 117 Å². The van der Waals surface area contributed by atoms with Crippen molar-refractivity contribution in [2.75, 3.05) is 0 Å². The van der Waals surface area contributed by atoms with Crippen LogP contribution in [0.5, 0.6) is 0 Å². The highest BCUT2D eigenvalue weighted by molar-refractivity contribution is 6.02. The van der Waals surface area contributed by atoms with Crippen molar-refractivity contribution in [1.82, 2.24) is 9.38 Å². The summed E-state index contributed by atoms with van der Waals surface area (Å²) in [6, 6.07) is 19.7. The molecule has 0 spiro atoms. The van der Waals surface area contributed by atoms with Gasteiger partial charge in [-0.1, -0.05) is 72.9 Å². The van der Waals surface area contributed by atoms with Gasteiger partial charge in [0.15, 0.2) is 5.76 Å². The first-order valence-electron chi connectivity index (χ1n) is 15.2. The summed E-state index contributed by atoms with van der Waals surface area (Å²) >= 11 is 0. The molecule has 4 aliphatic rings. The molecule has 0 saturated heterocycles. The van der Waals surface area contributed by atoms with Crippen molar-refractivity contribution in [2.45, 2.75) is 25.7 Å². The Kier molecular flexibility index (Phi) is 5.36. The third kappa shape index (κ3) is 3.78. The highest BCUT2D eigenvalue weighted by Crippen LogP contribution is 2.51. The van der Waals surface area contributed by atoms with E-state index in [0.29, 0.717) is 5.92 Å². The Morgan fingerprint density at radius 2 is 1.72 bits per heavy atom. The second kappa shape index (κ2) is 9.43. The number of ether oxygens (including phenoxy) is 1. The van der Waals surface area contributed by atoms with Crippen LogP contribution in [0.25, 0.3) is 52.1 Å². The molecule has 2 unspecified atom stereocenters. The number of hydrogen-bond acceptors (Lipinski definition) is 2. The third-order valence-corrected chi connectivity index (χ3v) is 9.51. The van der Waals surface area contributed by atoms with Crippen molar-refractivity contribution in [1.29, 1.82) is 0 Å². The predicted molar refractivity (Wildman–Crippen MR) is 178 cm³/mol. The van der Waals surface area contributed by atoms with E-state index in [4.69, 9.17) is 9.72 Å². The van der Waals surface area contributed by atoms with Gasteiger partial charge in [0, 0.05) is 24.2 Å². The number of benzene rings is 3. The van der Waals surface area contributed by atoms with Gasteiger partial charge in [0.25, 0.3) is 0 Å². The van der Waals surface area contributed by atoms with Gasteiger partial charge in [-0.25, -0.2) is 4.98 Å². The number of pyridine rings is 1. The average molecular weight is 555 g/mol. The lowest BCUT2D eigenvalue weighted by molar-refractivity contribution is 0.442. The topological polar surface area (TPSA) is 26.5 Å². The minimum absolute atomic E-state index is 0.276. The molecule has 0 amide bonds. The zero-order chi connectivity index (χ0) is 28.5. The van der Waals surface area contributed by atoms with Gasteiger partial charge in [0.2, 0.25) is 0 Å². The fourth-order valence-corrected chi connectivity index (χ4v) is 7.54. The van der Waals surface area contributed by atoms with Crippen molar-refractivity contribution >= 4 is 52.1 Å². The minimum Gasteiger partial charge on any atom is -0.463 e. The van der Waals surface area contributed by atoms with Crippen LogP contribution < -0.4 is 0 Å². The van der Waals surface area contributed by atoms with Crippen LogP contribution in [0.4, 0.5) is 0 Å². The lowest BCUT2D eigenvalue weighted by Crippen LogP contribution is -2.20. The maximum absolute atomic E-state index is 6.12. The Bertz CT molecular complexity index is 2150. The molecule has 0 saturated carbocycles. The molecule has 0 radical (unpaired) electrons. The van der Waals surface area contributed by atoms with Crippen molar-refractivity contribution in [2.24, 2.45) is 5.92 Å². The largest absolute Gasteiger partial charge is 0.463 e. The van der Waals surface area contributed by atoms with Gasteiger partial charge in [-0.15, -0.1) is 0 Å². The Labute approximate surface area is 251 Å². The zero-order valence-electron chi connectivity index (χ0n) is 24.0. The van der Waals surface area contributed by atoms with E-state index in [1.807, 2.05) is 35.0 Å². The number of fused-ring (bicyclic) bond motifs is 10. The summed E-state index contributed by atoms with van der Waals surface area (Å²) < 4.78 is 8.15. The molecule has 3 heterocycles. The molecule has 9 rings (SSSR count). The van der Waals surface area contributed by atoms with Gasteiger partial charge < -0.3 is 9.14 Å². The standard InChI is InChI=1S/C40H30N2O/c1-25-20-27-22-38(37-24-42-18-9-8-16-39(42)41-37)43-19-17-26(27)21-34(25)35-23-36-30-12-3-2-10-28(30)29-11-4-6-14-32(29)40(36)33-15-7-5-13-31(33)35/h3-9,11-24,31,33H,2,10H2,1H3. The quantitative estimate of drug-likeness (QED) is 0.217. The Morgan fingerprint density at radius 1 is 0.860 bits per heavy atom. The van der Waals surface area contributed by atoms with E-state index in [1.165, 1.54) is 49.7 Å². The fraction of sp³-hybridized carbons (Fsp3) is 0.125. The number of aryl methyl sites for hydroxylation is 2. The molecule has 2 atom stereocenters. The molecular weight excluding hydrogens is 524 g/mol. The predicted octanol–water partition coefficient (Wildman–Crippen LogP) is 9.63. The molecule has 0 bridgehead atoms.